The van der Waals surface area contributed by atoms with E-state index in [-0.39, 0.29) is 22.3 Å². The Morgan fingerprint density at radius 1 is 1.28 bits per heavy atom. The van der Waals surface area contributed by atoms with E-state index in [1.807, 2.05) is 13.8 Å². The van der Waals surface area contributed by atoms with Crippen molar-refractivity contribution in [1.82, 2.24) is 10.0 Å². The Hall–Kier alpha value is -2.13. The molecule has 9 heteroatoms. The standard InChI is InChI=1S/C16H24N2O6S/c1-5-6-11(2)18-15(19)10-24-16(20)12-7-8-13(23-4)14(9-12)25(21,22)17-3/h7-9,11,17H,5-6,10H2,1-4H3,(H,18,19)/t11-/m1/s1. The number of nitrogens with one attached hydrogen (secondary N) is 2. The molecule has 140 valence electrons. The summed E-state index contributed by atoms with van der Waals surface area (Å²) < 4.78 is 36.1. The Bertz CT molecular complexity index is 717. The molecule has 0 bridgehead atoms. The number of hydrogen-bond acceptors (Lipinski definition) is 6. The monoisotopic (exact) mass is 372 g/mol. The molecule has 0 aliphatic heterocycles. The number of sulfonamides is 1. The van der Waals surface area contributed by atoms with E-state index in [1.165, 1.54) is 26.3 Å². The van der Waals surface area contributed by atoms with Gasteiger partial charge in [-0.05, 0) is 38.6 Å². The summed E-state index contributed by atoms with van der Waals surface area (Å²) in [7, 11) is -1.24. The molecule has 8 nitrogen and oxygen atoms in total. The average molecular weight is 372 g/mol. The highest BCUT2D eigenvalue weighted by atomic mass is 32.2. The largest absolute Gasteiger partial charge is 0.495 e. The van der Waals surface area contributed by atoms with Crippen LogP contribution < -0.4 is 14.8 Å². The summed E-state index contributed by atoms with van der Waals surface area (Å²) >= 11 is 0. The molecule has 0 aliphatic carbocycles. The molecule has 0 heterocycles. The van der Waals surface area contributed by atoms with Crippen LogP contribution in [0.2, 0.25) is 0 Å². The molecule has 0 aromatic heterocycles. The van der Waals surface area contributed by atoms with Crippen LogP contribution in [0.1, 0.15) is 37.0 Å². The molecular formula is C16H24N2O6S. The molecule has 0 saturated heterocycles. The Kier molecular flexibility index (Phi) is 7.85. The van der Waals surface area contributed by atoms with Crippen LogP contribution in [0.15, 0.2) is 23.1 Å². The molecule has 0 radical (unpaired) electrons. The van der Waals surface area contributed by atoms with E-state index >= 15 is 0 Å². The van der Waals surface area contributed by atoms with Crippen LogP contribution in [-0.4, -0.2) is 47.1 Å². The van der Waals surface area contributed by atoms with Crippen LogP contribution in [-0.2, 0) is 19.6 Å². The third-order valence-electron chi connectivity index (χ3n) is 3.42. The second-order valence-electron chi connectivity index (χ2n) is 5.41. The predicted molar refractivity (Wildman–Crippen MR) is 92.0 cm³/mol. The van der Waals surface area contributed by atoms with Gasteiger partial charge in [-0.2, -0.15) is 0 Å². The van der Waals surface area contributed by atoms with Crippen LogP contribution in [0.25, 0.3) is 0 Å². The maximum Gasteiger partial charge on any atom is 0.338 e. The van der Waals surface area contributed by atoms with Crippen molar-refractivity contribution < 1.29 is 27.5 Å². The number of ether oxygens (including phenoxy) is 2. The summed E-state index contributed by atoms with van der Waals surface area (Å²) in [6, 6.07) is 3.85. The highest BCUT2D eigenvalue weighted by molar-refractivity contribution is 7.89. The van der Waals surface area contributed by atoms with Crippen LogP contribution in [0.5, 0.6) is 5.75 Å². The van der Waals surface area contributed by atoms with Gasteiger partial charge in [-0.3, -0.25) is 4.79 Å². The van der Waals surface area contributed by atoms with Crippen molar-refractivity contribution in [3.05, 3.63) is 23.8 Å². The van der Waals surface area contributed by atoms with Crippen LogP contribution >= 0.6 is 0 Å². The number of carbonyl (C=O) groups is 2. The Morgan fingerprint density at radius 2 is 1.96 bits per heavy atom. The molecule has 0 saturated carbocycles. The van der Waals surface area contributed by atoms with Gasteiger partial charge in [0.2, 0.25) is 10.0 Å². The number of amides is 1. The summed E-state index contributed by atoms with van der Waals surface area (Å²) in [5.41, 5.74) is 0.00373. The molecule has 0 spiro atoms. The predicted octanol–water partition coefficient (Wildman–Crippen LogP) is 1.06. The zero-order valence-corrected chi connectivity index (χ0v) is 15.6. The van der Waals surface area contributed by atoms with Crippen molar-refractivity contribution >= 4 is 21.9 Å². The van der Waals surface area contributed by atoms with Crippen molar-refractivity contribution in [1.29, 1.82) is 0 Å². The molecule has 1 amide bonds. The zero-order chi connectivity index (χ0) is 19.0. The topological polar surface area (TPSA) is 111 Å². The fraction of sp³-hybridized carbons (Fsp3) is 0.500. The minimum absolute atomic E-state index is 0.00373. The summed E-state index contributed by atoms with van der Waals surface area (Å²) in [6.07, 6.45) is 1.75. The summed E-state index contributed by atoms with van der Waals surface area (Å²) in [4.78, 5) is 23.6. The van der Waals surface area contributed by atoms with Gasteiger partial charge in [-0.1, -0.05) is 13.3 Å². The van der Waals surface area contributed by atoms with Crippen molar-refractivity contribution in [2.75, 3.05) is 20.8 Å². The molecule has 0 fully saturated rings. The van der Waals surface area contributed by atoms with Gasteiger partial charge in [0.15, 0.2) is 6.61 Å². The number of benzene rings is 1. The molecule has 25 heavy (non-hydrogen) atoms. The van der Waals surface area contributed by atoms with Gasteiger partial charge in [0, 0.05) is 6.04 Å². The quantitative estimate of drug-likeness (QED) is 0.627. The van der Waals surface area contributed by atoms with Gasteiger partial charge in [0.25, 0.3) is 5.91 Å². The number of methoxy groups -OCH3 is 1. The molecule has 1 rings (SSSR count). The van der Waals surface area contributed by atoms with E-state index in [0.29, 0.717) is 0 Å². The minimum Gasteiger partial charge on any atom is -0.495 e. The molecule has 1 aromatic rings. The fourth-order valence-corrected chi connectivity index (χ4v) is 3.08. The van der Waals surface area contributed by atoms with Crippen LogP contribution in [0, 0.1) is 0 Å². The van der Waals surface area contributed by atoms with E-state index in [0.717, 1.165) is 18.9 Å². The highest BCUT2D eigenvalue weighted by Gasteiger charge is 2.21. The minimum atomic E-state index is -3.81. The zero-order valence-electron chi connectivity index (χ0n) is 14.8. The maximum absolute atomic E-state index is 12.1. The molecule has 1 aromatic carbocycles. The van der Waals surface area contributed by atoms with Crippen molar-refractivity contribution in [3.8, 4) is 5.75 Å². The van der Waals surface area contributed by atoms with E-state index in [1.54, 1.807) is 0 Å². The van der Waals surface area contributed by atoms with Gasteiger partial charge in [-0.15, -0.1) is 0 Å². The fourth-order valence-electron chi connectivity index (χ4n) is 2.16. The lowest BCUT2D eigenvalue weighted by Gasteiger charge is -2.13. The van der Waals surface area contributed by atoms with Crippen molar-refractivity contribution in [3.63, 3.8) is 0 Å². The molecule has 2 N–H and O–H groups in total. The first-order valence-electron chi connectivity index (χ1n) is 7.83. The normalized spacial score (nSPS) is 12.3. The third-order valence-corrected chi connectivity index (χ3v) is 4.86. The van der Waals surface area contributed by atoms with Crippen LogP contribution in [0.4, 0.5) is 0 Å². The highest BCUT2D eigenvalue weighted by Crippen LogP contribution is 2.24. The summed E-state index contributed by atoms with van der Waals surface area (Å²) in [5, 5.41) is 2.71. The molecule has 0 aliphatic rings. The van der Waals surface area contributed by atoms with E-state index in [9.17, 15) is 18.0 Å². The second kappa shape index (κ2) is 9.38. The molecular weight excluding hydrogens is 348 g/mol. The summed E-state index contributed by atoms with van der Waals surface area (Å²) in [5.74, 6) is -1.11. The lowest BCUT2D eigenvalue weighted by atomic mass is 10.2. The van der Waals surface area contributed by atoms with Crippen LogP contribution in [0.3, 0.4) is 0 Å². The van der Waals surface area contributed by atoms with Gasteiger partial charge in [0.05, 0.1) is 12.7 Å². The van der Waals surface area contributed by atoms with Gasteiger partial charge >= 0.3 is 5.97 Å². The first-order chi connectivity index (χ1) is 11.7. The third kappa shape index (κ3) is 6.02. The van der Waals surface area contributed by atoms with E-state index in [4.69, 9.17) is 9.47 Å². The van der Waals surface area contributed by atoms with Gasteiger partial charge in [-0.25, -0.2) is 17.9 Å². The Balaban J connectivity index is 2.83. The second-order valence-corrected chi connectivity index (χ2v) is 7.26. The number of rotatable bonds is 9. The lowest BCUT2D eigenvalue weighted by molar-refractivity contribution is -0.124. The number of esters is 1. The average Bonchev–Trinajstić information content (AvgIpc) is 2.59. The molecule has 1 atom stereocenters. The smallest absolute Gasteiger partial charge is 0.338 e. The van der Waals surface area contributed by atoms with E-state index in [2.05, 4.69) is 10.0 Å². The first-order valence-corrected chi connectivity index (χ1v) is 9.31. The lowest BCUT2D eigenvalue weighted by Crippen LogP contribution is -2.35. The van der Waals surface area contributed by atoms with E-state index < -0.39 is 28.5 Å². The number of hydrogen-bond donors (Lipinski definition) is 2. The maximum atomic E-state index is 12.1. The van der Waals surface area contributed by atoms with Gasteiger partial charge in [0.1, 0.15) is 10.6 Å². The Labute approximate surface area is 147 Å². The van der Waals surface area contributed by atoms with Gasteiger partial charge < -0.3 is 14.8 Å². The molecule has 0 unspecified atom stereocenters. The first kappa shape index (κ1) is 20.9. The SMILES string of the molecule is CCC[C@@H](C)NC(=O)COC(=O)c1ccc(OC)c(S(=O)(=O)NC)c1. The number of carbonyl (C=O) groups excluding carboxylic acids is 2. The summed E-state index contributed by atoms with van der Waals surface area (Å²) in [6.45, 7) is 3.43. The van der Waals surface area contributed by atoms with Crippen molar-refractivity contribution in [2.45, 2.75) is 37.6 Å². The Morgan fingerprint density at radius 3 is 2.52 bits per heavy atom. The van der Waals surface area contributed by atoms with Crippen molar-refractivity contribution in [2.24, 2.45) is 0 Å².